The number of nitrogens with zero attached hydrogens (tertiary/aromatic N) is 1. The molecule has 0 spiro atoms. The van der Waals surface area contributed by atoms with Gasteiger partial charge in [0.15, 0.2) is 5.96 Å². The fraction of sp³-hybridized carbons (Fsp3) is 0.706. The summed E-state index contributed by atoms with van der Waals surface area (Å²) in [7, 11) is 1.82. The van der Waals surface area contributed by atoms with Crippen molar-refractivity contribution in [2.45, 2.75) is 46.3 Å². The molecule has 2 atom stereocenters. The molecule has 1 aliphatic heterocycles. The highest BCUT2D eigenvalue weighted by Gasteiger charge is 2.35. The molecule has 1 aromatic rings. The van der Waals surface area contributed by atoms with Gasteiger partial charge in [0.2, 0.25) is 0 Å². The van der Waals surface area contributed by atoms with Crippen molar-refractivity contribution in [3.63, 3.8) is 0 Å². The number of aliphatic imine (C=N–C) groups is 1. The number of halogens is 2. The van der Waals surface area contributed by atoms with Crippen molar-refractivity contribution in [3.8, 4) is 0 Å². The molecule has 0 aromatic carbocycles. The van der Waals surface area contributed by atoms with Gasteiger partial charge in [0.25, 0.3) is 0 Å². The lowest BCUT2D eigenvalue weighted by molar-refractivity contribution is -0.0835. The van der Waals surface area contributed by atoms with Crippen LogP contribution in [0.2, 0.25) is 0 Å². The second-order valence-corrected chi connectivity index (χ2v) is 9.01. The number of guanidine groups is 1. The summed E-state index contributed by atoms with van der Waals surface area (Å²) >= 11 is 5.23. The van der Waals surface area contributed by atoms with Crippen LogP contribution in [0.5, 0.6) is 0 Å². The maximum absolute atomic E-state index is 6.05. The smallest absolute Gasteiger partial charge is 0.191 e. The van der Waals surface area contributed by atoms with E-state index in [4.69, 9.17) is 4.74 Å². The molecule has 1 aromatic heterocycles. The summed E-state index contributed by atoms with van der Waals surface area (Å²) in [6.07, 6.45) is 2.66. The van der Waals surface area contributed by atoms with Gasteiger partial charge in [-0.05, 0) is 40.3 Å². The van der Waals surface area contributed by atoms with Crippen molar-refractivity contribution in [2.75, 3.05) is 20.2 Å². The number of hydrogen-bond donors (Lipinski definition) is 2. The molecule has 0 aliphatic carbocycles. The third-order valence-corrected chi connectivity index (χ3v) is 5.80. The van der Waals surface area contributed by atoms with Gasteiger partial charge in [-0.1, -0.05) is 20.8 Å². The first kappa shape index (κ1) is 22.2. The van der Waals surface area contributed by atoms with Crippen LogP contribution in [-0.4, -0.2) is 32.3 Å². The lowest BCUT2D eigenvalue weighted by atomic mass is 9.78. The monoisotopic (exact) mass is 529 g/mol. The molecular weight excluding hydrogens is 501 g/mol. The quantitative estimate of drug-likeness (QED) is 0.339. The average Bonchev–Trinajstić information content (AvgIpc) is 2.92. The second kappa shape index (κ2) is 10.3. The molecule has 4 nitrogen and oxygen atoms in total. The zero-order valence-electron chi connectivity index (χ0n) is 14.9. The lowest BCUT2D eigenvalue weighted by Crippen LogP contribution is -2.47. The van der Waals surface area contributed by atoms with Crippen molar-refractivity contribution in [1.82, 2.24) is 10.6 Å². The summed E-state index contributed by atoms with van der Waals surface area (Å²) in [5.41, 5.74) is 0.174. The molecule has 1 aliphatic rings. The predicted molar refractivity (Wildman–Crippen MR) is 118 cm³/mol. The minimum absolute atomic E-state index is 0. The van der Waals surface area contributed by atoms with Crippen molar-refractivity contribution in [1.29, 1.82) is 0 Å². The van der Waals surface area contributed by atoms with Crippen LogP contribution in [0.25, 0.3) is 0 Å². The van der Waals surface area contributed by atoms with E-state index in [0.29, 0.717) is 12.0 Å². The van der Waals surface area contributed by atoms with Crippen LogP contribution in [0.15, 0.2) is 20.9 Å². The molecule has 0 bridgehead atoms. The molecule has 1 saturated heterocycles. The Kier molecular flexibility index (Phi) is 9.55. The lowest BCUT2D eigenvalue weighted by Gasteiger charge is -2.40. The van der Waals surface area contributed by atoms with Crippen LogP contribution < -0.4 is 10.6 Å². The molecule has 24 heavy (non-hydrogen) atoms. The fourth-order valence-corrected chi connectivity index (χ4v) is 4.47. The summed E-state index contributed by atoms with van der Waals surface area (Å²) < 4.78 is 7.18. The summed E-state index contributed by atoms with van der Waals surface area (Å²) in [5, 5.41) is 8.95. The van der Waals surface area contributed by atoms with Crippen LogP contribution in [0, 0.1) is 11.3 Å². The summed E-state index contributed by atoms with van der Waals surface area (Å²) in [6, 6.07) is 2.13. The van der Waals surface area contributed by atoms with Crippen LogP contribution in [0.1, 0.15) is 38.5 Å². The number of rotatable bonds is 4. The van der Waals surface area contributed by atoms with E-state index in [1.54, 1.807) is 11.3 Å². The first-order valence-corrected chi connectivity index (χ1v) is 9.86. The van der Waals surface area contributed by atoms with E-state index < -0.39 is 0 Å². The van der Waals surface area contributed by atoms with Gasteiger partial charge < -0.3 is 15.4 Å². The van der Waals surface area contributed by atoms with Gasteiger partial charge in [-0.15, -0.1) is 35.3 Å². The number of hydrogen-bond acceptors (Lipinski definition) is 3. The Balaban J connectivity index is 0.00000288. The van der Waals surface area contributed by atoms with Crippen LogP contribution in [0.3, 0.4) is 0 Å². The highest BCUT2D eigenvalue weighted by atomic mass is 127. The van der Waals surface area contributed by atoms with Gasteiger partial charge in [-0.2, -0.15) is 0 Å². The van der Waals surface area contributed by atoms with Gasteiger partial charge in [0.05, 0.1) is 12.6 Å². The summed E-state index contributed by atoms with van der Waals surface area (Å²) in [5.74, 6) is 1.38. The first-order valence-electron chi connectivity index (χ1n) is 8.19. The van der Waals surface area contributed by atoms with Gasteiger partial charge in [0.1, 0.15) is 0 Å². The predicted octanol–water partition coefficient (Wildman–Crippen LogP) is 4.63. The molecule has 2 unspecified atom stereocenters. The number of thiophene rings is 1. The molecule has 0 saturated carbocycles. The first-order chi connectivity index (χ1) is 10.9. The third kappa shape index (κ3) is 6.80. The highest BCUT2D eigenvalue weighted by Crippen LogP contribution is 2.33. The number of ether oxygens (including phenoxy) is 1. The minimum atomic E-state index is 0. The molecule has 7 heteroatoms. The molecule has 1 fully saturated rings. The van der Waals surface area contributed by atoms with E-state index in [1.807, 2.05) is 7.05 Å². The van der Waals surface area contributed by atoms with E-state index in [0.717, 1.165) is 36.5 Å². The van der Waals surface area contributed by atoms with E-state index in [2.05, 4.69) is 63.8 Å². The van der Waals surface area contributed by atoms with Gasteiger partial charge >= 0.3 is 0 Å². The van der Waals surface area contributed by atoms with Crippen LogP contribution in [-0.2, 0) is 11.3 Å². The Hall–Kier alpha value is 0.140. The molecule has 2 heterocycles. The van der Waals surface area contributed by atoms with E-state index in [9.17, 15) is 0 Å². The van der Waals surface area contributed by atoms with E-state index in [-0.39, 0.29) is 29.4 Å². The van der Waals surface area contributed by atoms with Crippen molar-refractivity contribution in [3.05, 3.63) is 20.8 Å². The Morgan fingerprint density at radius 2 is 2.17 bits per heavy atom. The Morgan fingerprint density at radius 1 is 1.42 bits per heavy atom. The minimum Gasteiger partial charge on any atom is -0.377 e. The summed E-state index contributed by atoms with van der Waals surface area (Å²) in [6.45, 7) is 9.36. The van der Waals surface area contributed by atoms with Crippen LogP contribution in [0.4, 0.5) is 0 Å². The van der Waals surface area contributed by atoms with Crippen LogP contribution >= 0.6 is 51.2 Å². The standard InChI is InChI=1S/C17H28BrN3OS.HI/c1-17(2,3)15-12(6-5-7-22-15)9-20-16(19-4)21-10-14-8-13(18)11-23-14;/h8,11-12,15H,5-7,9-10H2,1-4H3,(H2,19,20,21);1H. The zero-order valence-corrected chi connectivity index (χ0v) is 19.6. The van der Waals surface area contributed by atoms with Crippen molar-refractivity contribution in [2.24, 2.45) is 16.3 Å². The fourth-order valence-electron chi connectivity index (χ4n) is 3.08. The normalized spacial score (nSPS) is 22.0. The third-order valence-electron chi connectivity index (χ3n) is 4.11. The Bertz CT molecular complexity index is 530. The molecule has 2 rings (SSSR count). The topological polar surface area (TPSA) is 45.7 Å². The Labute approximate surface area is 175 Å². The van der Waals surface area contributed by atoms with Crippen molar-refractivity contribution >= 4 is 57.2 Å². The second-order valence-electron chi connectivity index (χ2n) is 7.10. The maximum Gasteiger partial charge on any atom is 0.191 e. The molecule has 2 N–H and O–H groups in total. The van der Waals surface area contributed by atoms with Gasteiger partial charge in [-0.3, -0.25) is 4.99 Å². The highest BCUT2D eigenvalue weighted by molar-refractivity contribution is 14.0. The molecule has 0 amide bonds. The average molecular weight is 530 g/mol. The Morgan fingerprint density at radius 3 is 2.75 bits per heavy atom. The molecule has 138 valence electrons. The largest absolute Gasteiger partial charge is 0.377 e. The van der Waals surface area contributed by atoms with Gasteiger partial charge in [-0.25, -0.2) is 0 Å². The molecule has 0 radical (unpaired) electrons. The van der Waals surface area contributed by atoms with E-state index in [1.165, 1.54) is 11.3 Å². The molecular formula is C17H29BrIN3OS. The zero-order chi connectivity index (χ0) is 16.9. The van der Waals surface area contributed by atoms with Crippen molar-refractivity contribution < 1.29 is 4.74 Å². The van der Waals surface area contributed by atoms with E-state index >= 15 is 0 Å². The number of nitrogens with one attached hydrogen (secondary N) is 2. The van der Waals surface area contributed by atoms with Gasteiger partial charge in [0, 0.05) is 40.8 Å². The maximum atomic E-state index is 6.05. The SMILES string of the molecule is CN=C(NCc1cc(Br)cs1)NCC1CCCOC1C(C)(C)C.I. The summed E-state index contributed by atoms with van der Waals surface area (Å²) in [4.78, 5) is 5.61.